The highest BCUT2D eigenvalue weighted by molar-refractivity contribution is 5.95. The molecule has 0 aliphatic rings. The molecule has 8 heteroatoms. The molecule has 2 aromatic carbocycles. The maximum absolute atomic E-state index is 12.4. The maximum atomic E-state index is 12.4. The zero-order valence-electron chi connectivity index (χ0n) is 16.3. The first kappa shape index (κ1) is 19.8. The Balaban J connectivity index is 1.38. The van der Waals surface area contributed by atoms with Crippen molar-refractivity contribution in [1.29, 1.82) is 0 Å². The van der Waals surface area contributed by atoms with Gasteiger partial charge in [0.25, 0.3) is 17.4 Å². The molecule has 0 saturated heterocycles. The predicted octanol–water partition coefficient (Wildman–Crippen LogP) is 2.20. The summed E-state index contributed by atoms with van der Waals surface area (Å²) in [5.41, 5.74) is 5.94. The van der Waals surface area contributed by atoms with Crippen molar-refractivity contribution in [2.45, 2.75) is 0 Å². The topological polar surface area (TPSA) is 102 Å². The molecule has 0 unspecified atom stereocenters. The van der Waals surface area contributed by atoms with Gasteiger partial charge >= 0.3 is 0 Å². The Morgan fingerprint density at radius 1 is 0.903 bits per heavy atom. The second kappa shape index (κ2) is 8.91. The first-order chi connectivity index (χ1) is 15.1. The van der Waals surface area contributed by atoms with E-state index in [2.05, 4.69) is 15.8 Å². The molecule has 0 bridgehead atoms. The molecule has 0 saturated carbocycles. The number of carbonyl (C=O) groups is 2. The van der Waals surface area contributed by atoms with Gasteiger partial charge in [0.1, 0.15) is 17.0 Å². The summed E-state index contributed by atoms with van der Waals surface area (Å²) in [5, 5.41) is 0. The second-order valence-corrected chi connectivity index (χ2v) is 6.56. The SMILES string of the molecule is O=C(COc1ccccc1-c1ccccc1)NNC(=O)c1cnc2ccccn2c1=O. The number of benzene rings is 2. The van der Waals surface area contributed by atoms with Crippen LogP contribution in [0.1, 0.15) is 10.4 Å². The zero-order chi connectivity index (χ0) is 21.6. The molecule has 0 atom stereocenters. The van der Waals surface area contributed by atoms with Crippen molar-refractivity contribution in [3.8, 4) is 16.9 Å². The smallest absolute Gasteiger partial charge is 0.276 e. The van der Waals surface area contributed by atoms with Gasteiger partial charge in [0.15, 0.2) is 6.61 Å². The van der Waals surface area contributed by atoms with E-state index in [0.29, 0.717) is 11.4 Å². The van der Waals surface area contributed by atoms with Gasteiger partial charge in [-0.1, -0.05) is 54.6 Å². The van der Waals surface area contributed by atoms with Crippen LogP contribution in [-0.2, 0) is 4.79 Å². The van der Waals surface area contributed by atoms with Crippen LogP contribution in [0.5, 0.6) is 5.75 Å². The van der Waals surface area contributed by atoms with Crippen molar-refractivity contribution in [2.75, 3.05) is 6.61 Å². The maximum Gasteiger partial charge on any atom is 0.276 e. The van der Waals surface area contributed by atoms with E-state index in [4.69, 9.17) is 4.74 Å². The molecule has 2 amide bonds. The minimum Gasteiger partial charge on any atom is -0.483 e. The van der Waals surface area contributed by atoms with Crippen molar-refractivity contribution in [3.63, 3.8) is 0 Å². The third kappa shape index (κ3) is 4.43. The Labute approximate surface area is 177 Å². The van der Waals surface area contributed by atoms with Crippen molar-refractivity contribution in [2.24, 2.45) is 0 Å². The Hall–Kier alpha value is -4.46. The van der Waals surface area contributed by atoms with Crippen LogP contribution in [0.2, 0.25) is 0 Å². The molecule has 0 aliphatic carbocycles. The van der Waals surface area contributed by atoms with Crippen LogP contribution in [0.15, 0.2) is 90.0 Å². The molecule has 0 radical (unpaired) electrons. The quantitative estimate of drug-likeness (QED) is 0.488. The number of nitrogens with one attached hydrogen (secondary N) is 2. The highest BCUT2D eigenvalue weighted by Gasteiger charge is 2.14. The van der Waals surface area contributed by atoms with Gasteiger partial charge in [-0.05, 0) is 23.8 Å². The van der Waals surface area contributed by atoms with Gasteiger partial charge in [-0.2, -0.15) is 0 Å². The summed E-state index contributed by atoms with van der Waals surface area (Å²) < 4.78 is 6.88. The fourth-order valence-corrected chi connectivity index (χ4v) is 3.00. The van der Waals surface area contributed by atoms with E-state index in [-0.39, 0.29) is 12.2 Å². The molecule has 0 spiro atoms. The molecule has 31 heavy (non-hydrogen) atoms. The average molecular weight is 414 g/mol. The fraction of sp³-hybridized carbons (Fsp3) is 0.0435. The monoisotopic (exact) mass is 414 g/mol. The van der Waals surface area contributed by atoms with Crippen LogP contribution >= 0.6 is 0 Å². The highest BCUT2D eigenvalue weighted by atomic mass is 16.5. The van der Waals surface area contributed by atoms with E-state index < -0.39 is 17.4 Å². The lowest BCUT2D eigenvalue weighted by atomic mass is 10.1. The van der Waals surface area contributed by atoms with Crippen molar-refractivity contribution in [1.82, 2.24) is 20.2 Å². The number of pyridine rings is 1. The number of fused-ring (bicyclic) bond motifs is 1. The number of hydrogen-bond donors (Lipinski definition) is 2. The molecule has 0 fully saturated rings. The summed E-state index contributed by atoms with van der Waals surface area (Å²) in [5.74, 6) is -0.814. The number of carbonyl (C=O) groups excluding carboxylic acids is 2. The normalized spacial score (nSPS) is 10.5. The third-order valence-electron chi connectivity index (χ3n) is 4.50. The highest BCUT2D eigenvalue weighted by Crippen LogP contribution is 2.29. The number of para-hydroxylation sites is 1. The molecular formula is C23H18N4O4. The first-order valence-electron chi connectivity index (χ1n) is 9.46. The van der Waals surface area contributed by atoms with Gasteiger partial charge in [0.05, 0.1) is 0 Å². The van der Waals surface area contributed by atoms with E-state index in [0.717, 1.165) is 11.1 Å². The molecule has 2 aromatic heterocycles. The average Bonchev–Trinajstić information content (AvgIpc) is 2.82. The van der Waals surface area contributed by atoms with Gasteiger partial charge < -0.3 is 4.74 Å². The van der Waals surface area contributed by atoms with Crippen LogP contribution in [0.25, 0.3) is 16.8 Å². The molecule has 4 rings (SSSR count). The molecule has 154 valence electrons. The number of nitrogens with zero attached hydrogens (tertiary/aromatic N) is 2. The molecule has 2 N–H and O–H groups in total. The van der Waals surface area contributed by atoms with Crippen LogP contribution in [0.3, 0.4) is 0 Å². The first-order valence-corrected chi connectivity index (χ1v) is 9.46. The van der Waals surface area contributed by atoms with Crippen molar-refractivity contribution in [3.05, 3.63) is 101 Å². The molecule has 0 aliphatic heterocycles. The van der Waals surface area contributed by atoms with E-state index >= 15 is 0 Å². The summed E-state index contributed by atoms with van der Waals surface area (Å²) in [6.45, 7) is -0.320. The minimum atomic E-state index is -0.770. The van der Waals surface area contributed by atoms with Crippen molar-refractivity contribution >= 4 is 17.5 Å². The van der Waals surface area contributed by atoms with E-state index in [1.54, 1.807) is 24.3 Å². The van der Waals surface area contributed by atoms with E-state index in [9.17, 15) is 14.4 Å². The Morgan fingerprint density at radius 2 is 1.65 bits per heavy atom. The van der Waals surface area contributed by atoms with Gasteiger partial charge in [-0.15, -0.1) is 0 Å². The van der Waals surface area contributed by atoms with E-state index in [1.165, 1.54) is 16.8 Å². The molecule has 4 aromatic rings. The van der Waals surface area contributed by atoms with Crippen LogP contribution in [0, 0.1) is 0 Å². The lowest BCUT2D eigenvalue weighted by Crippen LogP contribution is -2.45. The number of aromatic nitrogens is 2. The number of hydrazine groups is 1. The van der Waals surface area contributed by atoms with Gasteiger partial charge in [-0.25, -0.2) is 4.98 Å². The summed E-state index contributed by atoms with van der Waals surface area (Å²) >= 11 is 0. The second-order valence-electron chi connectivity index (χ2n) is 6.56. The minimum absolute atomic E-state index is 0.195. The summed E-state index contributed by atoms with van der Waals surface area (Å²) in [6, 6.07) is 22.0. The molecule has 2 heterocycles. The third-order valence-corrected chi connectivity index (χ3v) is 4.50. The van der Waals surface area contributed by atoms with Crippen molar-refractivity contribution < 1.29 is 14.3 Å². The van der Waals surface area contributed by atoms with Gasteiger partial charge in [-0.3, -0.25) is 29.6 Å². The number of rotatable bonds is 5. The number of ether oxygens (including phenoxy) is 1. The van der Waals surface area contributed by atoms with E-state index in [1.807, 2.05) is 48.5 Å². The Morgan fingerprint density at radius 3 is 2.48 bits per heavy atom. The standard InChI is InChI=1S/C23H18N4O4/c28-21(15-31-19-11-5-4-10-17(19)16-8-2-1-3-9-16)25-26-22(29)18-14-24-20-12-6-7-13-27(20)23(18)30/h1-14H,15H2,(H,25,28)(H,26,29). The Kier molecular flexibility index (Phi) is 5.70. The predicted molar refractivity (Wildman–Crippen MR) is 114 cm³/mol. The van der Waals surface area contributed by atoms with Crippen LogP contribution < -0.4 is 21.1 Å². The summed E-state index contributed by atoms with van der Waals surface area (Å²) in [6.07, 6.45) is 2.68. The number of hydrogen-bond acceptors (Lipinski definition) is 5. The molecule has 8 nitrogen and oxygen atoms in total. The largest absolute Gasteiger partial charge is 0.483 e. The zero-order valence-corrected chi connectivity index (χ0v) is 16.3. The van der Waals surface area contributed by atoms with Crippen LogP contribution in [0.4, 0.5) is 0 Å². The Bertz CT molecular complexity index is 1300. The lowest BCUT2D eigenvalue weighted by molar-refractivity contribution is -0.123. The van der Waals surface area contributed by atoms with Gasteiger partial charge in [0, 0.05) is 18.0 Å². The lowest BCUT2D eigenvalue weighted by Gasteiger charge is -2.12. The number of amides is 2. The van der Waals surface area contributed by atoms with Crippen LogP contribution in [-0.4, -0.2) is 27.8 Å². The fourth-order valence-electron chi connectivity index (χ4n) is 3.00. The molecular weight excluding hydrogens is 396 g/mol. The summed E-state index contributed by atoms with van der Waals surface area (Å²) in [4.78, 5) is 40.9. The summed E-state index contributed by atoms with van der Waals surface area (Å²) in [7, 11) is 0. The van der Waals surface area contributed by atoms with Gasteiger partial charge in [0.2, 0.25) is 0 Å².